The number of fused-ring (bicyclic) bond motifs is 9. The fourth-order valence-electron chi connectivity index (χ4n) is 8.41. The van der Waals surface area contributed by atoms with E-state index in [-0.39, 0.29) is 0 Å². The van der Waals surface area contributed by atoms with Crippen molar-refractivity contribution in [2.75, 3.05) is 0 Å². The van der Waals surface area contributed by atoms with Crippen molar-refractivity contribution in [2.24, 2.45) is 0 Å². The first-order valence-electron chi connectivity index (χ1n) is 19.0. The summed E-state index contributed by atoms with van der Waals surface area (Å²) in [7, 11) is 0. The predicted octanol–water partition coefficient (Wildman–Crippen LogP) is 13.4. The van der Waals surface area contributed by atoms with Crippen LogP contribution in [0, 0.1) is 0 Å². The minimum atomic E-state index is 0.554. The smallest absolute Gasteiger partial charge is 0.167 e. The van der Waals surface area contributed by atoms with Gasteiger partial charge in [-0.3, -0.25) is 0 Å². The number of furan rings is 2. The van der Waals surface area contributed by atoms with Crippen molar-refractivity contribution in [1.82, 2.24) is 19.5 Å². The first-order valence-corrected chi connectivity index (χ1v) is 19.0. The number of aromatic nitrogens is 4. The van der Waals surface area contributed by atoms with Crippen LogP contribution in [0.3, 0.4) is 0 Å². The van der Waals surface area contributed by atoms with E-state index in [0.29, 0.717) is 17.5 Å². The van der Waals surface area contributed by atoms with E-state index >= 15 is 0 Å². The van der Waals surface area contributed by atoms with Gasteiger partial charge in [0.25, 0.3) is 0 Å². The molecule has 0 amide bonds. The Morgan fingerprint density at radius 3 is 1.75 bits per heavy atom. The van der Waals surface area contributed by atoms with Crippen LogP contribution < -0.4 is 0 Å². The van der Waals surface area contributed by atoms with Gasteiger partial charge in [-0.2, -0.15) is 0 Å². The molecule has 0 atom stereocenters. The molecule has 57 heavy (non-hydrogen) atoms. The molecule has 12 rings (SSSR count). The molecule has 8 aromatic carbocycles. The van der Waals surface area contributed by atoms with Crippen molar-refractivity contribution < 1.29 is 8.83 Å². The summed E-state index contributed by atoms with van der Waals surface area (Å²) < 4.78 is 15.5. The molecule has 0 unspecified atom stereocenters. The van der Waals surface area contributed by atoms with Crippen molar-refractivity contribution in [3.05, 3.63) is 182 Å². The van der Waals surface area contributed by atoms with Crippen LogP contribution in [0.25, 0.3) is 117 Å². The third kappa shape index (κ3) is 4.94. The molecule has 4 aromatic heterocycles. The predicted molar refractivity (Wildman–Crippen MR) is 230 cm³/mol. The van der Waals surface area contributed by atoms with Gasteiger partial charge in [-0.05, 0) is 65.7 Å². The maximum absolute atomic E-state index is 6.69. The zero-order valence-electron chi connectivity index (χ0n) is 30.4. The van der Waals surface area contributed by atoms with Crippen molar-refractivity contribution in [3.63, 3.8) is 0 Å². The lowest BCUT2D eigenvalue weighted by atomic mass is 10.0. The van der Waals surface area contributed by atoms with E-state index in [4.69, 9.17) is 23.8 Å². The normalized spacial score (nSPS) is 11.9. The molecule has 0 spiro atoms. The number of hydrogen-bond donors (Lipinski definition) is 0. The Kier molecular flexibility index (Phi) is 6.83. The SMILES string of the molecule is c1ccc(-c2ccc3oc4c(-n5c6ccccc6c6cc(-c7nc(-c8ccccc8)nc(-c8cccc9c8oc8ccccc89)n7)ccc65)cccc4c3c2)cc1. The van der Waals surface area contributed by atoms with E-state index in [1.54, 1.807) is 0 Å². The molecule has 0 radical (unpaired) electrons. The van der Waals surface area contributed by atoms with Gasteiger partial charge in [0.1, 0.15) is 16.7 Å². The lowest BCUT2D eigenvalue weighted by molar-refractivity contribution is 0.666. The Balaban J connectivity index is 1.05. The standard InChI is InChI=1S/C51H30N4O2/c1-3-13-31(14-4-1)33-26-28-46-41(29-33)38-20-12-23-44(48(38)57-46)55-42-22-9-7-17-35(42)40-30-34(25-27-43(40)55)50-52-49(32-15-5-2-6-16-32)53-51(54-50)39-21-11-19-37-36-18-8-10-24-45(36)56-47(37)39/h1-30H. The highest BCUT2D eigenvalue weighted by Gasteiger charge is 2.21. The van der Waals surface area contributed by atoms with Crippen LogP contribution in [-0.2, 0) is 0 Å². The van der Waals surface area contributed by atoms with Crippen molar-refractivity contribution in [1.29, 1.82) is 0 Å². The van der Waals surface area contributed by atoms with Crippen LogP contribution in [0.4, 0.5) is 0 Å². The maximum atomic E-state index is 6.69. The highest BCUT2D eigenvalue weighted by Crippen LogP contribution is 2.41. The second-order valence-electron chi connectivity index (χ2n) is 14.4. The molecule has 0 saturated carbocycles. The topological polar surface area (TPSA) is 69.9 Å². The third-order valence-electron chi connectivity index (χ3n) is 11.1. The van der Waals surface area contributed by atoms with Crippen LogP contribution in [0.2, 0.25) is 0 Å². The summed E-state index contributed by atoms with van der Waals surface area (Å²) in [4.78, 5) is 15.3. The summed E-state index contributed by atoms with van der Waals surface area (Å²) in [5.74, 6) is 1.73. The zero-order chi connectivity index (χ0) is 37.5. The summed E-state index contributed by atoms with van der Waals surface area (Å²) in [5.41, 5.74) is 11.4. The van der Waals surface area contributed by atoms with Gasteiger partial charge in [-0.25, -0.2) is 15.0 Å². The first-order chi connectivity index (χ1) is 28.2. The molecular weight excluding hydrogens is 701 g/mol. The molecule has 6 heteroatoms. The molecule has 0 fully saturated rings. The summed E-state index contributed by atoms with van der Waals surface area (Å²) in [6, 6.07) is 62.7. The van der Waals surface area contributed by atoms with E-state index in [2.05, 4.69) is 120 Å². The van der Waals surface area contributed by atoms with E-state index in [0.717, 1.165) is 93.6 Å². The van der Waals surface area contributed by atoms with Crippen LogP contribution in [0.1, 0.15) is 0 Å². The van der Waals surface area contributed by atoms with Crippen LogP contribution in [0.15, 0.2) is 191 Å². The van der Waals surface area contributed by atoms with Crippen LogP contribution >= 0.6 is 0 Å². The molecule has 0 aliphatic rings. The van der Waals surface area contributed by atoms with Crippen LogP contribution in [0.5, 0.6) is 0 Å². The number of para-hydroxylation sites is 4. The highest BCUT2D eigenvalue weighted by atomic mass is 16.3. The minimum Gasteiger partial charge on any atom is -0.455 e. The fraction of sp³-hybridized carbons (Fsp3) is 0. The van der Waals surface area contributed by atoms with Crippen LogP contribution in [-0.4, -0.2) is 19.5 Å². The lowest BCUT2D eigenvalue weighted by Crippen LogP contribution is -2.00. The van der Waals surface area contributed by atoms with Gasteiger partial charge in [0, 0.05) is 43.4 Å². The largest absolute Gasteiger partial charge is 0.455 e. The molecule has 6 nitrogen and oxygen atoms in total. The summed E-state index contributed by atoms with van der Waals surface area (Å²) >= 11 is 0. The van der Waals surface area contributed by atoms with E-state index < -0.39 is 0 Å². The van der Waals surface area contributed by atoms with E-state index in [1.165, 1.54) is 5.56 Å². The molecule has 0 aliphatic heterocycles. The van der Waals surface area contributed by atoms with Gasteiger partial charge in [0.05, 0.1) is 22.3 Å². The van der Waals surface area contributed by atoms with E-state index in [1.807, 2.05) is 66.7 Å². The van der Waals surface area contributed by atoms with Gasteiger partial charge in [0.15, 0.2) is 23.1 Å². The second-order valence-corrected chi connectivity index (χ2v) is 14.4. The number of rotatable bonds is 5. The number of benzene rings is 8. The van der Waals surface area contributed by atoms with Crippen molar-refractivity contribution in [2.45, 2.75) is 0 Å². The summed E-state index contributed by atoms with van der Waals surface area (Å²) in [5, 5.41) is 6.47. The quantitative estimate of drug-likeness (QED) is 0.176. The Hall–Kier alpha value is -7.83. The van der Waals surface area contributed by atoms with Gasteiger partial charge < -0.3 is 13.4 Å². The molecular formula is C51H30N4O2. The molecule has 266 valence electrons. The average molecular weight is 731 g/mol. The Morgan fingerprint density at radius 1 is 0.333 bits per heavy atom. The third-order valence-corrected chi connectivity index (χ3v) is 11.1. The van der Waals surface area contributed by atoms with Gasteiger partial charge in [-0.15, -0.1) is 0 Å². The van der Waals surface area contributed by atoms with Crippen molar-refractivity contribution >= 4 is 65.7 Å². The first kappa shape index (κ1) is 31.5. The Bertz CT molecular complexity index is 3530. The average Bonchev–Trinajstić information content (AvgIpc) is 3.96. The van der Waals surface area contributed by atoms with Gasteiger partial charge >= 0.3 is 0 Å². The molecule has 0 N–H and O–H groups in total. The molecule has 0 aliphatic carbocycles. The summed E-state index contributed by atoms with van der Waals surface area (Å²) in [6.45, 7) is 0. The maximum Gasteiger partial charge on any atom is 0.167 e. The lowest BCUT2D eigenvalue weighted by Gasteiger charge is -2.10. The minimum absolute atomic E-state index is 0.554. The molecule has 0 saturated heterocycles. The fourth-order valence-corrected chi connectivity index (χ4v) is 8.41. The Labute approximate surface area is 325 Å². The molecule has 12 aromatic rings. The van der Waals surface area contributed by atoms with E-state index in [9.17, 15) is 0 Å². The zero-order valence-corrected chi connectivity index (χ0v) is 30.4. The molecule has 0 bridgehead atoms. The molecule has 4 heterocycles. The highest BCUT2D eigenvalue weighted by molar-refractivity contribution is 6.14. The number of nitrogens with zero attached hydrogens (tertiary/aromatic N) is 4. The van der Waals surface area contributed by atoms with Crippen molar-refractivity contribution in [3.8, 4) is 51.0 Å². The number of hydrogen-bond acceptors (Lipinski definition) is 5. The Morgan fingerprint density at radius 2 is 0.912 bits per heavy atom. The summed E-state index contributed by atoms with van der Waals surface area (Å²) in [6.07, 6.45) is 0. The van der Waals surface area contributed by atoms with Gasteiger partial charge in [-0.1, -0.05) is 127 Å². The second kappa shape index (κ2) is 12.3. The van der Waals surface area contributed by atoms with Gasteiger partial charge in [0.2, 0.25) is 0 Å². The monoisotopic (exact) mass is 730 g/mol.